The molecule has 0 aliphatic carbocycles. The highest BCUT2D eigenvalue weighted by Crippen LogP contribution is 2.38. The quantitative estimate of drug-likeness (QED) is 0.852. The molecule has 2 heterocycles. The fourth-order valence-corrected chi connectivity index (χ4v) is 5.50. The molecule has 0 spiro atoms. The second-order valence-corrected chi connectivity index (χ2v) is 8.54. The molecule has 25 heavy (non-hydrogen) atoms. The molecule has 0 N–H and O–H groups in total. The minimum atomic E-state index is -1.12. The fourth-order valence-electron chi connectivity index (χ4n) is 3.86. The van der Waals surface area contributed by atoms with Crippen LogP contribution in [0.4, 0.5) is 0 Å². The lowest BCUT2D eigenvalue weighted by Gasteiger charge is -2.30. The lowest BCUT2D eigenvalue weighted by atomic mass is 9.94. The zero-order chi connectivity index (χ0) is 17.6. The predicted molar refractivity (Wildman–Crippen MR) is 101 cm³/mol. The number of carbonyl (C=O) groups excluding carboxylic acids is 1. The van der Waals surface area contributed by atoms with Crippen LogP contribution in [-0.4, -0.2) is 39.3 Å². The maximum atomic E-state index is 13.1. The third-order valence-corrected chi connectivity index (χ3v) is 7.07. The van der Waals surface area contributed by atoms with Gasteiger partial charge in [-0.05, 0) is 38.1 Å². The Bertz CT molecular complexity index is 857. The summed E-state index contributed by atoms with van der Waals surface area (Å²) in [5.74, 6) is 0.147. The molecule has 2 aliphatic rings. The van der Waals surface area contributed by atoms with Crippen LogP contribution in [0.25, 0.3) is 5.57 Å². The van der Waals surface area contributed by atoms with Crippen LogP contribution in [0, 0.1) is 6.92 Å². The van der Waals surface area contributed by atoms with Crippen LogP contribution < -0.4 is 0 Å². The van der Waals surface area contributed by atoms with Crippen LogP contribution in [0.5, 0.6) is 0 Å². The molecule has 1 saturated heterocycles. The number of hydrogen-bond donors (Lipinski definition) is 0. The molecule has 3 nitrogen and oxygen atoms in total. The Balaban J connectivity index is 1.69. The second-order valence-electron chi connectivity index (χ2n) is 6.87. The first-order valence-electron chi connectivity index (χ1n) is 8.57. The number of rotatable bonds is 3. The largest absolute Gasteiger partial charge is 0.292 e. The summed E-state index contributed by atoms with van der Waals surface area (Å²) >= 11 is 0. The van der Waals surface area contributed by atoms with Crippen LogP contribution in [0.15, 0.2) is 65.6 Å². The smallest absolute Gasteiger partial charge is 0.180 e. The first kappa shape index (κ1) is 16.4. The van der Waals surface area contributed by atoms with E-state index in [4.69, 9.17) is 0 Å². The normalized spacial score (nSPS) is 27.2. The summed E-state index contributed by atoms with van der Waals surface area (Å²) < 4.78 is 13.1. The van der Waals surface area contributed by atoms with E-state index in [0.717, 1.165) is 21.6 Å². The van der Waals surface area contributed by atoms with Gasteiger partial charge >= 0.3 is 0 Å². The Hall–Kier alpha value is -2.04. The molecule has 4 heteroatoms. The summed E-state index contributed by atoms with van der Waals surface area (Å²) in [6.07, 6.45) is 2.67. The number of aryl methyl sites for hydroxylation is 1. The SMILES string of the molecule is Cc1ccc([S@](=O)[C@@H]2C[C@H]3C(=O)C(c4ccccc4)=C[C@@H]2N3C)cc1. The van der Waals surface area contributed by atoms with Gasteiger partial charge in [0.1, 0.15) is 0 Å². The molecule has 2 aromatic carbocycles. The monoisotopic (exact) mass is 351 g/mol. The van der Waals surface area contributed by atoms with E-state index in [1.54, 1.807) is 0 Å². The third kappa shape index (κ3) is 2.79. The number of likely N-dealkylation sites (N-methyl/N-ethyl adjacent to an activating group) is 1. The van der Waals surface area contributed by atoms with Crippen LogP contribution in [0.3, 0.4) is 0 Å². The molecule has 0 unspecified atom stereocenters. The van der Waals surface area contributed by atoms with Crippen molar-refractivity contribution in [3.8, 4) is 0 Å². The van der Waals surface area contributed by atoms with Crippen molar-refractivity contribution < 1.29 is 9.00 Å². The van der Waals surface area contributed by atoms with Crippen molar-refractivity contribution in [2.24, 2.45) is 0 Å². The van der Waals surface area contributed by atoms with Gasteiger partial charge in [-0.2, -0.15) is 0 Å². The van der Waals surface area contributed by atoms with Crippen LogP contribution >= 0.6 is 0 Å². The van der Waals surface area contributed by atoms with E-state index in [9.17, 15) is 9.00 Å². The van der Waals surface area contributed by atoms with E-state index in [-0.39, 0.29) is 23.1 Å². The number of fused-ring (bicyclic) bond motifs is 2. The van der Waals surface area contributed by atoms with Crippen LogP contribution in [0.1, 0.15) is 17.5 Å². The van der Waals surface area contributed by atoms with E-state index < -0.39 is 10.8 Å². The Morgan fingerprint density at radius 1 is 1.04 bits per heavy atom. The predicted octanol–water partition coefficient (Wildman–Crippen LogP) is 3.21. The number of nitrogens with zero attached hydrogens (tertiary/aromatic N) is 1. The molecule has 0 radical (unpaired) electrons. The highest BCUT2D eigenvalue weighted by molar-refractivity contribution is 7.85. The lowest BCUT2D eigenvalue weighted by molar-refractivity contribution is -0.118. The summed E-state index contributed by atoms with van der Waals surface area (Å²) in [5.41, 5.74) is 2.89. The molecule has 2 aliphatic heterocycles. The van der Waals surface area contributed by atoms with Crippen molar-refractivity contribution in [1.82, 2.24) is 4.90 Å². The number of benzene rings is 2. The van der Waals surface area contributed by atoms with Gasteiger partial charge in [0.2, 0.25) is 0 Å². The third-order valence-electron chi connectivity index (χ3n) is 5.32. The Kier molecular flexibility index (Phi) is 4.18. The minimum Gasteiger partial charge on any atom is -0.292 e. The van der Waals surface area contributed by atoms with Crippen molar-refractivity contribution in [1.29, 1.82) is 0 Å². The maximum absolute atomic E-state index is 13.1. The molecule has 128 valence electrons. The number of hydrogen-bond acceptors (Lipinski definition) is 3. The molecule has 2 aromatic rings. The van der Waals surface area contributed by atoms with Crippen molar-refractivity contribution in [3.63, 3.8) is 0 Å². The molecule has 4 atom stereocenters. The van der Waals surface area contributed by atoms with Gasteiger partial charge in [-0.15, -0.1) is 0 Å². The molecule has 0 aromatic heterocycles. The molecular weight excluding hydrogens is 330 g/mol. The highest BCUT2D eigenvalue weighted by Gasteiger charge is 2.48. The van der Waals surface area contributed by atoms with Crippen molar-refractivity contribution >= 4 is 22.2 Å². The summed E-state index contributed by atoms with van der Waals surface area (Å²) in [4.78, 5) is 15.9. The standard InChI is InChI=1S/C21H21NO2S/c1-14-8-10-16(11-9-14)25(24)20-13-19-21(23)17(12-18(20)22(19)2)15-6-4-3-5-7-15/h3-12,18-20H,13H2,1-2H3/t18-,19-,20+,25-/m0/s1. The van der Waals surface area contributed by atoms with Gasteiger partial charge in [0.25, 0.3) is 0 Å². The van der Waals surface area contributed by atoms with E-state index >= 15 is 0 Å². The zero-order valence-electron chi connectivity index (χ0n) is 14.4. The molecule has 2 bridgehead atoms. The summed E-state index contributed by atoms with van der Waals surface area (Å²) in [5, 5.41) is -0.0529. The van der Waals surface area contributed by atoms with Gasteiger partial charge in [-0.3, -0.25) is 13.9 Å². The Labute approximate surface area is 150 Å². The molecule has 0 amide bonds. The number of carbonyl (C=O) groups is 1. The van der Waals surface area contributed by atoms with Gasteiger partial charge in [-0.1, -0.05) is 54.1 Å². The fraction of sp³-hybridized carbons (Fsp3) is 0.286. The Morgan fingerprint density at radius 3 is 2.40 bits per heavy atom. The van der Waals surface area contributed by atoms with E-state index in [1.807, 2.05) is 74.6 Å². The minimum absolute atomic E-state index is 0.0278. The molecule has 4 rings (SSSR count). The molecular formula is C21H21NO2S. The average molecular weight is 351 g/mol. The van der Waals surface area contributed by atoms with Gasteiger partial charge in [0.05, 0.1) is 22.1 Å². The molecule has 1 fully saturated rings. The van der Waals surface area contributed by atoms with Crippen LogP contribution in [-0.2, 0) is 15.6 Å². The number of ketones is 1. The first-order chi connectivity index (χ1) is 12.1. The number of Topliss-reactive ketones (excluding diaryl/α,β-unsaturated/α-hetero) is 1. The second kappa shape index (κ2) is 6.36. The summed E-state index contributed by atoms with van der Waals surface area (Å²) in [7, 11) is 0.847. The summed E-state index contributed by atoms with van der Waals surface area (Å²) in [6.45, 7) is 2.02. The van der Waals surface area contributed by atoms with Crippen molar-refractivity contribution in [2.45, 2.75) is 35.6 Å². The van der Waals surface area contributed by atoms with Gasteiger partial charge in [-0.25, -0.2) is 0 Å². The first-order valence-corrected chi connectivity index (χ1v) is 9.78. The van der Waals surface area contributed by atoms with Gasteiger partial charge < -0.3 is 0 Å². The van der Waals surface area contributed by atoms with Crippen LogP contribution in [0.2, 0.25) is 0 Å². The average Bonchev–Trinajstić information content (AvgIpc) is 2.86. The molecule has 0 saturated carbocycles. The highest BCUT2D eigenvalue weighted by atomic mass is 32.2. The zero-order valence-corrected chi connectivity index (χ0v) is 15.2. The van der Waals surface area contributed by atoms with E-state index in [2.05, 4.69) is 4.90 Å². The van der Waals surface area contributed by atoms with Crippen molar-refractivity contribution in [2.75, 3.05) is 7.05 Å². The van der Waals surface area contributed by atoms with Gasteiger partial charge in [0.15, 0.2) is 5.78 Å². The van der Waals surface area contributed by atoms with Crippen molar-refractivity contribution in [3.05, 3.63) is 71.8 Å². The van der Waals surface area contributed by atoms with E-state index in [0.29, 0.717) is 6.42 Å². The van der Waals surface area contributed by atoms with Gasteiger partial charge in [0, 0.05) is 16.5 Å². The Morgan fingerprint density at radius 2 is 1.72 bits per heavy atom. The topological polar surface area (TPSA) is 37.4 Å². The summed E-state index contributed by atoms with van der Waals surface area (Å²) in [6, 6.07) is 17.5. The maximum Gasteiger partial charge on any atom is 0.180 e. The van der Waals surface area contributed by atoms with E-state index in [1.165, 1.54) is 0 Å². The lowest BCUT2D eigenvalue weighted by Crippen LogP contribution is -2.42.